The largest absolute Gasteiger partial charge is 0.481 e. The smallest absolute Gasteiger partial charge is 0.408 e. The summed E-state index contributed by atoms with van der Waals surface area (Å²) in [5, 5.41) is 12.1. The SMILES string of the molecule is O=C(O)CC(NC(=O)C(CC(F)(F)F)NC(=O)OCc1ccccc1)C(=O)C(=O)CF. The Balaban J connectivity index is 2.89. The number of benzene rings is 1. The van der Waals surface area contributed by atoms with E-state index in [1.807, 2.05) is 0 Å². The lowest BCUT2D eigenvalue weighted by atomic mass is 10.0. The van der Waals surface area contributed by atoms with Gasteiger partial charge in [0, 0.05) is 0 Å². The molecule has 2 unspecified atom stereocenters. The first-order chi connectivity index (χ1) is 14.4. The number of amides is 2. The van der Waals surface area contributed by atoms with Crippen LogP contribution in [0.3, 0.4) is 0 Å². The highest BCUT2D eigenvalue weighted by Gasteiger charge is 2.38. The highest BCUT2D eigenvalue weighted by atomic mass is 19.4. The van der Waals surface area contributed by atoms with Crippen LogP contribution in [0.25, 0.3) is 0 Å². The molecule has 0 aromatic heterocycles. The molecular weight excluding hydrogens is 432 g/mol. The first-order valence-electron chi connectivity index (χ1n) is 8.62. The molecule has 2 atom stereocenters. The number of aliphatic carboxylic acids is 1. The van der Waals surface area contributed by atoms with Gasteiger partial charge in [0.05, 0.1) is 12.8 Å². The number of halogens is 4. The molecule has 3 N–H and O–H groups in total. The minimum atomic E-state index is -4.95. The maximum absolute atomic E-state index is 12.8. The van der Waals surface area contributed by atoms with Gasteiger partial charge in [0.25, 0.3) is 0 Å². The number of hydrogen-bond acceptors (Lipinski definition) is 6. The van der Waals surface area contributed by atoms with Gasteiger partial charge in [0.2, 0.25) is 17.5 Å². The van der Waals surface area contributed by atoms with Crippen molar-refractivity contribution in [2.75, 3.05) is 6.67 Å². The van der Waals surface area contributed by atoms with Crippen molar-refractivity contribution in [2.24, 2.45) is 0 Å². The van der Waals surface area contributed by atoms with E-state index in [1.54, 1.807) is 41.0 Å². The Morgan fingerprint density at radius 3 is 2.13 bits per heavy atom. The monoisotopic (exact) mass is 450 g/mol. The van der Waals surface area contributed by atoms with Gasteiger partial charge in [-0.05, 0) is 5.56 Å². The van der Waals surface area contributed by atoms with Crippen LogP contribution in [0.2, 0.25) is 0 Å². The molecule has 170 valence electrons. The van der Waals surface area contributed by atoms with Crippen LogP contribution in [0.5, 0.6) is 0 Å². The highest BCUT2D eigenvalue weighted by Crippen LogP contribution is 2.22. The van der Waals surface area contributed by atoms with Gasteiger partial charge in [-0.2, -0.15) is 13.2 Å². The molecule has 0 saturated heterocycles. The second-order valence-electron chi connectivity index (χ2n) is 6.16. The number of rotatable bonds is 11. The topological polar surface area (TPSA) is 139 Å². The highest BCUT2D eigenvalue weighted by molar-refractivity contribution is 6.40. The number of carboxylic acid groups (broad SMARTS) is 1. The average molecular weight is 450 g/mol. The number of alkyl halides is 4. The molecule has 13 heteroatoms. The van der Waals surface area contributed by atoms with Crippen molar-refractivity contribution in [1.29, 1.82) is 0 Å². The van der Waals surface area contributed by atoms with E-state index >= 15 is 0 Å². The normalized spacial score (nSPS) is 12.9. The Morgan fingerprint density at radius 1 is 1.00 bits per heavy atom. The van der Waals surface area contributed by atoms with Crippen molar-refractivity contribution in [3.63, 3.8) is 0 Å². The molecule has 1 rings (SSSR count). The number of alkyl carbamates (subject to hydrolysis) is 1. The summed E-state index contributed by atoms with van der Waals surface area (Å²) in [5.41, 5.74) is 0.506. The summed E-state index contributed by atoms with van der Waals surface area (Å²) < 4.78 is 55.6. The number of ketones is 2. The second-order valence-corrected chi connectivity index (χ2v) is 6.16. The molecule has 0 heterocycles. The Labute approximate surface area is 172 Å². The molecular formula is C18H18F4N2O7. The number of Topliss-reactive ketones (excluding diaryl/α,β-unsaturated/α-hetero) is 2. The van der Waals surface area contributed by atoms with Crippen LogP contribution in [0, 0.1) is 0 Å². The molecule has 0 saturated carbocycles. The van der Waals surface area contributed by atoms with E-state index in [0.717, 1.165) is 0 Å². The Bertz CT molecular complexity index is 815. The summed E-state index contributed by atoms with van der Waals surface area (Å²) in [6.07, 6.45) is -9.41. The molecule has 0 aliphatic heterocycles. The Morgan fingerprint density at radius 2 is 1.61 bits per heavy atom. The number of nitrogens with one attached hydrogen (secondary N) is 2. The maximum Gasteiger partial charge on any atom is 0.408 e. The fraction of sp³-hybridized carbons (Fsp3) is 0.389. The molecule has 1 aromatic rings. The standard InChI is InChI=1S/C18H18F4N2O7/c19-8-13(25)15(28)11(6-14(26)27)23-16(29)12(7-18(20,21)22)24-17(30)31-9-10-4-2-1-3-5-10/h1-5,11-12H,6-9H2,(H,23,29)(H,24,30)(H,26,27). The van der Waals surface area contributed by atoms with Gasteiger partial charge in [-0.25, -0.2) is 9.18 Å². The van der Waals surface area contributed by atoms with Crippen molar-refractivity contribution in [3.05, 3.63) is 35.9 Å². The first kappa shape index (κ1) is 25.5. The Kier molecular flexibility index (Phi) is 9.57. The fourth-order valence-corrected chi connectivity index (χ4v) is 2.26. The van der Waals surface area contributed by atoms with Crippen LogP contribution >= 0.6 is 0 Å². The minimum Gasteiger partial charge on any atom is -0.481 e. The van der Waals surface area contributed by atoms with Crippen molar-refractivity contribution < 1.29 is 51.4 Å². The number of hydrogen-bond donors (Lipinski definition) is 3. The summed E-state index contributed by atoms with van der Waals surface area (Å²) >= 11 is 0. The summed E-state index contributed by atoms with van der Waals surface area (Å²) in [4.78, 5) is 57.8. The van der Waals surface area contributed by atoms with E-state index in [9.17, 15) is 41.5 Å². The van der Waals surface area contributed by atoms with Crippen LogP contribution in [-0.4, -0.2) is 59.6 Å². The molecule has 31 heavy (non-hydrogen) atoms. The van der Waals surface area contributed by atoms with Gasteiger partial charge in [0.15, 0.2) is 6.67 Å². The summed E-state index contributed by atoms with van der Waals surface area (Å²) in [5.74, 6) is -6.61. The molecule has 0 bridgehead atoms. The predicted molar refractivity (Wildman–Crippen MR) is 94.4 cm³/mol. The zero-order valence-electron chi connectivity index (χ0n) is 15.8. The Hall–Kier alpha value is -3.51. The van der Waals surface area contributed by atoms with E-state index in [0.29, 0.717) is 5.56 Å². The summed E-state index contributed by atoms with van der Waals surface area (Å²) in [6.45, 7) is -2.11. The minimum absolute atomic E-state index is 0.321. The molecule has 9 nitrogen and oxygen atoms in total. The van der Waals surface area contributed by atoms with Gasteiger partial charge < -0.3 is 20.5 Å². The molecule has 2 amide bonds. The number of carboxylic acids is 1. The van der Waals surface area contributed by atoms with Crippen LogP contribution in [0.4, 0.5) is 22.4 Å². The summed E-state index contributed by atoms with van der Waals surface area (Å²) in [7, 11) is 0. The van der Waals surface area contributed by atoms with Gasteiger partial charge in [-0.3, -0.25) is 19.2 Å². The third-order valence-electron chi connectivity index (χ3n) is 3.66. The van der Waals surface area contributed by atoms with Gasteiger partial charge >= 0.3 is 18.2 Å². The quantitative estimate of drug-likeness (QED) is 0.341. The van der Waals surface area contributed by atoms with E-state index in [2.05, 4.69) is 0 Å². The lowest BCUT2D eigenvalue weighted by Crippen LogP contribution is -2.54. The zero-order chi connectivity index (χ0) is 23.6. The van der Waals surface area contributed by atoms with Crippen molar-refractivity contribution >= 4 is 29.5 Å². The summed E-state index contributed by atoms with van der Waals surface area (Å²) in [6, 6.07) is 3.62. The number of ether oxygens (including phenoxy) is 1. The predicted octanol–water partition coefficient (Wildman–Crippen LogP) is 1.30. The molecule has 0 aliphatic rings. The van der Waals surface area contributed by atoms with E-state index in [4.69, 9.17) is 9.84 Å². The number of carbonyl (C=O) groups excluding carboxylic acids is 4. The number of carbonyl (C=O) groups is 5. The average Bonchev–Trinajstić information content (AvgIpc) is 2.69. The molecule has 0 fully saturated rings. The first-order valence-corrected chi connectivity index (χ1v) is 8.62. The van der Waals surface area contributed by atoms with Crippen molar-refractivity contribution in [2.45, 2.75) is 37.7 Å². The zero-order valence-corrected chi connectivity index (χ0v) is 15.8. The molecule has 0 radical (unpaired) electrons. The molecule has 1 aromatic carbocycles. The third kappa shape index (κ3) is 9.69. The van der Waals surface area contributed by atoms with Gasteiger partial charge in [0.1, 0.15) is 18.7 Å². The van der Waals surface area contributed by atoms with E-state index in [-0.39, 0.29) is 6.61 Å². The lowest BCUT2D eigenvalue weighted by molar-refractivity contribution is -0.151. The third-order valence-corrected chi connectivity index (χ3v) is 3.66. The van der Waals surface area contributed by atoms with Gasteiger partial charge in [-0.1, -0.05) is 30.3 Å². The van der Waals surface area contributed by atoms with Crippen LogP contribution in [0.15, 0.2) is 30.3 Å². The van der Waals surface area contributed by atoms with E-state index < -0.39 is 67.3 Å². The maximum atomic E-state index is 12.8. The van der Waals surface area contributed by atoms with E-state index in [1.165, 1.54) is 0 Å². The molecule has 0 spiro atoms. The van der Waals surface area contributed by atoms with Crippen molar-refractivity contribution in [3.8, 4) is 0 Å². The van der Waals surface area contributed by atoms with Crippen molar-refractivity contribution in [1.82, 2.24) is 10.6 Å². The second kappa shape index (κ2) is 11.6. The van der Waals surface area contributed by atoms with Crippen LogP contribution in [-0.2, 0) is 30.5 Å². The fourth-order valence-electron chi connectivity index (χ4n) is 2.26. The van der Waals surface area contributed by atoms with Gasteiger partial charge in [-0.15, -0.1) is 0 Å². The molecule has 0 aliphatic carbocycles. The lowest BCUT2D eigenvalue weighted by Gasteiger charge is -2.22. The van der Waals surface area contributed by atoms with Crippen LogP contribution < -0.4 is 10.6 Å². The van der Waals surface area contributed by atoms with Crippen LogP contribution in [0.1, 0.15) is 18.4 Å².